The van der Waals surface area contributed by atoms with Crippen molar-refractivity contribution in [2.24, 2.45) is 0 Å². The molecule has 1 aromatic heterocycles. The average molecular weight is 247 g/mol. The van der Waals surface area contributed by atoms with Gasteiger partial charge in [-0.25, -0.2) is 4.98 Å². The van der Waals surface area contributed by atoms with E-state index in [0.29, 0.717) is 17.0 Å². The number of anilines is 1. The third-order valence-electron chi connectivity index (χ3n) is 3.06. The van der Waals surface area contributed by atoms with Crippen molar-refractivity contribution in [1.82, 2.24) is 4.98 Å². The van der Waals surface area contributed by atoms with Gasteiger partial charge in [-0.2, -0.15) is 17.0 Å². The first-order chi connectivity index (χ1) is 8.33. The number of nitrogens with zero attached hydrogens (tertiary/aromatic N) is 2. The smallest absolute Gasteiger partial charge is 0.142 e. The van der Waals surface area contributed by atoms with E-state index >= 15 is 0 Å². The molecule has 0 aliphatic heterocycles. The second-order valence-electron chi connectivity index (χ2n) is 4.22. The summed E-state index contributed by atoms with van der Waals surface area (Å²) in [4.78, 5) is 3.98. The minimum atomic E-state index is 0.479. The van der Waals surface area contributed by atoms with Crippen molar-refractivity contribution >= 4 is 17.4 Å². The summed E-state index contributed by atoms with van der Waals surface area (Å²) >= 11 is 2.03. The van der Waals surface area contributed by atoms with E-state index in [1.165, 1.54) is 25.0 Å². The van der Waals surface area contributed by atoms with Crippen molar-refractivity contribution in [3.63, 3.8) is 0 Å². The summed E-state index contributed by atoms with van der Waals surface area (Å²) in [6.07, 6.45) is 5.51. The minimum Gasteiger partial charge on any atom is -0.381 e. The van der Waals surface area contributed by atoms with Crippen LogP contribution in [0, 0.1) is 11.3 Å². The maximum atomic E-state index is 8.81. The molecule has 1 N–H and O–H groups in total. The summed E-state index contributed by atoms with van der Waals surface area (Å²) in [5.74, 6) is 1.17. The van der Waals surface area contributed by atoms with Crippen LogP contribution >= 0.6 is 11.8 Å². The maximum absolute atomic E-state index is 8.81. The lowest BCUT2D eigenvalue weighted by molar-refractivity contribution is 0.767. The Morgan fingerprint density at radius 2 is 2.47 bits per heavy atom. The summed E-state index contributed by atoms with van der Waals surface area (Å²) in [6.45, 7) is 2.21. The number of aromatic nitrogens is 1. The topological polar surface area (TPSA) is 48.7 Å². The highest BCUT2D eigenvalue weighted by atomic mass is 32.2. The summed E-state index contributed by atoms with van der Waals surface area (Å²) < 4.78 is 0. The van der Waals surface area contributed by atoms with Crippen LogP contribution in [0.25, 0.3) is 0 Å². The lowest BCUT2D eigenvalue weighted by atomic mass is 10.2. The van der Waals surface area contributed by atoms with Crippen LogP contribution in [0.2, 0.25) is 0 Å². The van der Waals surface area contributed by atoms with Gasteiger partial charge in [0.15, 0.2) is 0 Å². The van der Waals surface area contributed by atoms with Gasteiger partial charge in [-0.3, -0.25) is 0 Å². The van der Waals surface area contributed by atoms with Gasteiger partial charge >= 0.3 is 0 Å². The van der Waals surface area contributed by atoms with Crippen LogP contribution in [0.3, 0.4) is 0 Å². The van der Waals surface area contributed by atoms with Gasteiger partial charge in [-0.15, -0.1) is 0 Å². The molecule has 2 unspecified atom stereocenters. The molecule has 1 saturated carbocycles. The van der Waals surface area contributed by atoms with Crippen molar-refractivity contribution in [3.05, 3.63) is 24.0 Å². The van der Waals surface area contributed by atoms with E-state index in [4.69, 9.17) is 5.26 Å². The fourth-order valence-corrected chi connectivity index (χ4v) is 3.50. The molecule has 1 heterocycles. The fraction of sp³-hybridized carbons (Fsp3) is 0.538. The van der Waals surface area contributed by atoms with Gasteiger partial charge in [0.05, 0.1) is 0 Å². The van der Waals surface area contributed by atoms with E-state index in [-0.39, 0.29) is 0 Å². The Kier molecular flexibility index (Phi) is 4.27. The van der Waals surface area contributed by atoms with Crippen molar-refractivity contribution in [2.45, 2.75) is 37.5 Å². The molecule has 0 aromatic carbocycles. The van der Waals surface area contributed by atoms with E-state index in [2.05, 4.69) is 23.3 Å². The number of hydrogen-bond acceptors (Lipinski definition) is 4. The zero-order valence-corrected chi connectivity index (χ0v) is 10.8. The SMILES string of the molecule is CCSC1CCCC1Nc1ccnc(C#N)c1. The van der Waals surface area contributed by atoms with Crippen LogP contribution in [0.4, 0.5) is 5.69 Å². The molecule has 1 fully saturated rings. The van der Waals surface area contributed by atoms with Crippen molar-refractivity contribution in [2.75, 3.05) is 11.1 Å². The number of rotatable bonds is 4. The summed E-state index contributed by atoms with van der Waals surface area (Å²) in [5, 5.41) is 13.1. The standard InChI is InChI=1S/C13H17N3S/c1-2-17-13-5-3-4-12(13)16-10-6-7-15-11(8-10)9-14/h6-8,12-13H,2-5H2,1H3,(H,15,16). The first kappa shape index (κ1) is 12.3. The maximum Gasteiger partial charge on any atom is 0.142 e. The first-order valence-corrected chi connectivity index (χ1v) is 7.12. The van der Waals surface area contributed by atoms with Gasteiger partial charge in [-0.05, 0) is 30.7 Å². The summed E-state index contributed by atoms with van der Waals surface area (Å²) in [7, 11) is 0. The predicted molar refractivity (Wildman–Crippen MR) is 72.1 cm³/mol. The van der Waals surface area contributed by atoms with Crippen LogP contribution in [0.1, 0.15) is 31.9 Å². The van der Waals surface area contributed by atoms with Gasteiger partial charge in [-0.1, -0.05) is 13.3 Å². The molecule has 17 heavy (non-hydrogen) atoms. The zero-order valence-electron chi connectivity index (χ0n) is 10.0. The number of nitrogens with one attached hydrogen (secondary N) is 1. The lowest BCUT2D eigenvalue weighted by Gasteiger charge is -2.21. The van der Waals surface area contributed by atoms with E-state index < -0.39 is 0 Å². The number of thioether (sulfide) groups is 1. The summed E-state index contributed by atoms with van der Waals surface area (Å²) in [6, 6.07) is 6.37. The molecule has 2 rings (SSSR count). The van der Waals surface area contributed by atoms with Crippen LogP contribution in [-0.2, 0) is 0 Å². The highest BCUT2D eigenvalue weighted by Gasteiger charge is 2.26. The Morgan fingerprint density at radius 3 is 3.24 bits per heavy atom. The van der Waals surface area contributed by atoms with Gasteiger partial charge in [0.1, 0.15) is 11.8 Å². The normalized spacial score (nSPS) is 23.3. The van der Waals surface area contributed by atoms with Crippen molar-refractivity contribution in [3.8, 4) is 6.07 Å². The van der Waals surface area contributed by atoms with E-state index in [9.17, 15) is 0 Å². The molecule has 4 heteroatoms. The third kappa shape index (κ3) is 3.13. The van der Waals surface area contributed by atoms with Gasteiger partial charge in [0.25, 0.3) is 0 Å². The van der Waals surface area contributed by atoms with Crippen LogP contribution in [-0.4, -0.2) is 22.0 Å². The van der Waals surface area contributed by atoms with Gasteiger partial charge in [0, 0.05) is 23.2 Å². The Balaban J connectivity index is 2.02. The van der Waals surface area contributed by atoms with Gasteiger partial charge in [0.2, 0.25) is 0 Å². The highest BCUT2D eigenvalue weighted by Crippen LogP contribution is 2.32. The first-order valence-electron chi connectivity index (χ1n) is 6.07. The summed E-state index contributed by atoms with van der Waals surface area (Å²) in [5.41, 5.74) is 1.50. The monoisotopic (exact) mass is 247 g/mol. The van der Waals surface area contributed by atoms with Crippen molar-refractivity contribution < 1.29 is 0 Å². The molecule has 0 saturated heterocycles. The van der Waals surface area contributed by atoms with Crippen LogP contribution in [0.5, 0.6) is 0 Å². The largest absolute Gasteiger partial charge is 0.381 e. The Morgan fingerprint density at radius 1 is 1.59 bits per heavy atom. The van der Waals surface area contributed by atoms with Crippen LogP contribution in [0.15, 0.2) is 18.3 Å². The highest BCUT2D eigenvalue weighted by molar-refractivity contribution is 7.99. The Labute approximate surface area is 107 Å². The number of hydrogen-bond donors (Lipinski definition) is 1. The zero-order chi connectivity index (χ0) is 12.1. The Bertz CT molecular complexity index is 413. The molecule has 90 valence electrons. The lowest BCUT2D eigenvalue weighted by Crippen LogP contribution is -2.26. The second-order valence-corrected chi connectivity index (χ2v) is 5.73. The minimum absolute atomic E-state index is 0.479. The molecular formula is C13H17N3S. The molecule has 3 nitrogen and oxygen atoms in total. The van der Waals surface area contributed by atoms with E-state index in [1.807, 2.05) is 23.9 Å². The molecule has 0 radical (unpaired) electrons. The molecule has 0 bridgehead atoms. The van der Waals surface area contributed by atoms with E-state index in [1.54, 1.807) is 6.20 Å². The molecule has 1 aliphatic rings. The molecular weight excluding hydrogens is 230 g/mol. The number of pyridine rings is 1. The number of nitriles is 1. The van der Waals surface area contributed by atoms with Crippen molar-refractivity contribution in [1.29, 1.82) is 5.26 Å². The second kappa shape index (κ2) is 5.92. The van der Waals surface area contributed by atoms with Crippen LogP contribution < -0.4 is 5.32 Å². The molecule has 0 amide bonds. The fourth-order valence-electron chi connectivity index (χ4n) is 2.30. The van der Waals surface area contributed by atoms with E-state index in [0.717, 1.165) is 5.69 Å². The molecule has 1 aromatic rings. The predicted octanol–water partition coefficient (Wildman–Crippen LogP) is 3.04. The average Bonchev–Trinajstić information content (AvgIpc) is 2.78. The molecule has 2 atom stereocenters. The Hall–Kier alpha value is -1.21. The third-order valence-corrected chi connectivity index (χ3v) is 4.39. The quantitative estimate of drug-likeness (QED) is 0.888. The molecule has 1 aliphatic carbocycles. The van der Waals surface area contributed by atoms with Gasteiger partial charge < -0.3 is 5.32 Å². The molecule has 0 spiro atoms.